The van der Waals surface area contributed by atoms with Gasteiger partial charge < -0.3 is 0 Å². The highest BCUT2D eigenvalue weighted by Crippen LogP contribution is 2.41. The van der Waals surface area contributed by atoms with Crippen LogP contribution < -0.4 is 0 Å². The first-order valence-electron chi connectivity index (χ1n) is 7.53. The van der Waals surface area contributed by atoms with E-state index < -0.39 is 0 Å². The lowest BCUT2D eigenvalue weighted by Gasteiger charge is -2.08. The van der Waals surface area contributed by atoms with Crippen molar-refractivity contribution in [1.29, 1.82) is 0 Å². The Morgan fingerprint density at radius 2 is 1.50 bits per heavy atom. The zero-order valence-corrected chi connectivity index (χ0v) is 14.1. The first-order chi connectivity index (χ1) is 10.8. The average molecular weight is 392 g/mol. The summed E-state index contributed by atoms with van der Waals surface area (Å²) in [6, 6.07) is 24.7. The van der Waals surface area contributed by atoms with E-state index in [-0.39, 0.29) is 0 Å². The summed E-state index contributed by atoms with van der Waals surface area (Å²) in [6.07, 6.45) is 1.05. The van der Waals surface area contributed by atoms with Gasteiger partial charge in [0, 0.05) is 3.57 Å². The van der Waals surface area contributed by atoms with Gasteiger partial charge in [0.05, 0.1) is 0 Å². The van der Waals surface area contributed by atoms with Crippen LogP contribution in [0.25, 0.3) is 32.7 Å². The number of fused-ring (bicyclic) bond motifs is 6. The smallest absolute Gasteiger partial charge is 0.0136 e. The molecule has 0 saturated carbocycles. The molecule has 0 atom stereocenters. The number of benzene rings is 4. The second-order valence-electron chi connectivity index (χ2n) is 5.99. The van der Waals surface area contributed by atoms with Crippen molar-refractivity contribution >= 4 is 44.1 Å². The van der Waals surface area contributed by atoms with E-state index in [4.69, 9.17) is 0 Å². The molecule has 0 bridgehead atoms. The molecule has 0 nitrogen and oxygen atoms in total. The van der Waals surface area contributed by atoms with E-state index in [1.54, 1.807) is 0 Å². The molecule has 0 heterocycles. The van der Waals surface area contributed by atoms with Crippen molar-refractivity contribution in [2.24, 2.45) is 0 Å². The SMILES string of the molecule is Ic1ccc2c(c1)-c1ccc3cc4ccccc4cc3c1C2. The molecule has 0 unspecified atom stereocenters. The Bertz CT molecular complexity index is 1060. The molecule has 0 N–H and O–H groups in total. The van der Waals surface area contributed by atoms with Crippen molar-refractivity contribution in [3.8, 4) is 11.1 Å². The third-order valence-corrected chi connectivity index (χ3v) is 5.40. The Morgan fingerprint density at radius 1 is 0.682 bits per heavy atom. The second-order valence-corrected chi connectivity index (χ2v) is 7.24. The highest BCUT2D eigenvalue weighted by atomic mass is 127. The maximum atomic E-state index is 2.40. The van der Waals surface area contributed by atoms with Gasteiger partial charge in [0.2, 0.25) is 0 Å². The predicted octanol–water partition coefficient (Wildman–Crippen LogP) is 6.17. The zero-order valence-electron chi connectivity index (χ0n) is 11.9. The molecule has 4 aromatic carbocycles. The third kappa shape index (κ3) is 1.75. The Labute approximate surface area is 142 Å². The zero-order chi connectivity index (χ0) is 14.7. The molecule has 0 saturated heterocycles. The van der Waals surface area contributed by atoms with Crippen molar-refractivity contribution in [2.45, 2.75) is 6.42 Å². The van der Waals surface area contributed by atoms with Crippen LogP contribution in [0.1, 0.15) is 11.1 Å². The fourth-order valence-corrected chi connectivity index (χ4v) is 4.15. The van der Waals surface area contributed by atoms with Crippen LogP contribution in [0, 0.1) is 3.57 Å². The van der Waals surface area contributed by atoms with Crippen molar-refractivity contribution in [3.63, 3.8) is 0 Å². The molecule has 0 aliphatic heterocycles. The van der Waals surface area contributed by atoms with E-state index >= 15 is 0 Å². The van der Waals surface area contributed by atoms with Crippen LogP contribution in [-0.4, -0.2) is 0 Å². The van der Waals surface area contributed by atoms with Crippen LogP contribution >= 0.6 is 22.6 Å². The molecule has 22 heavy (non-hydrogen) atoms. The maximum absolute atomic E-state index is 2.40. The first-order valence-corrected chi connectivity index (χ1v) is 8.61. The minimum atomic E-state index is 1.05. The van der Waals surface area contributed by atoms with Crippen LogP contribution in [0.4, 0.5) is 0 Å². The summed E-state index contributed by atoms with van der Waals surface area (Å²) in [5.74, 6) is 0. The minimum Gasteiger partial charge on any atom is -0.0616 e. The minimum absolute atomic E-state index is 1.05. The normalized spacial score (nSPS) is 12.6. The Hall–Kier alpha value is -1.87. The van der Waals surface area contributed by atoms with E-state index in [9.17, 15) is 0 Å². The van der Waals surface area contributed by atoms with Gasteiger partial charge in [-0.25, -0.2) is 0 Å². The summed E-state index contributed by atoms with van der Waals surface area (Å²) in [5, 5.41) is 5.40. The molecule has 5 rings (SSSR count). The molecule has 0 aromatic heterocycles. The largest absolute Gasteiger partial charge is 0.0616 e. The van der Waals surface area contributed by atoms with Gasteiger partial charge in [-0.3, -0.25) is 0 Å². The number of rotatable bonds is 0. The Morgan fingerprint density at radius 3 is 2.36 bits per heavy atom. The van der Waals surface area contributed by atoms with Crippen LogP contribution in [-0.2, 0) is 6.42 Å². The molecule has 0 fully saturated rings. The van der Waals surface area contributed by atoms with Crippen LogP contribution in [0.15, 0.2) is 66.7 Å². The lowest BCUT2D eigenvalue weighted by molar-refractivity contribution is 1.28. The van der Waals surface area contributed by atoms with Crippen LogP contribution in [0.5, 0.6) is 0 Å². The Balaban J connectivity index is 1.87. The van der Waals surface area contributed by atoms with Crippen LogP contribution in [0.2, 0.25) is 0 Å². The van der Waals surface area contributed by atoms with Gasteiger partial charge in [-0.05, 0) is 97.1 Å². The fraction of sp³-hybridized carbons (Fsp3) is 0.0476. The number of hydrogen-bond donors (Lipinski definition) is 0. The molecular weight excluding hydrogens is 379 g/mol. The van der Waals surface area contributed by atoms with E-state index in [1.165, 1.54) is 47.4 Å². The second kappa shape index (κ2) is 4.56. The van der Waals surface area contributed by atoms with Gasteiger partial charge >= 0.3 is 0 Å². The van der Waals surface area contributed by atoms with Crippen LogP contribution in [0.3, 0.4) is 0 Å². The van der Waals surface area contributed by atoms with Gasteiger partial charge in [-0.15, -0.1) is 0 Å². The average Bonchev–Trinajstić information content (AvgIpc) is 2.91. The van der Waals surface area contributed by atoms with Crippen molar-refractivity contribution in [2.75, 3.05) is 0 Å². The van der Waals surface area contributed by atoms with E-state index in [0.717, 1.165) is 6.42 Å². The molecular formula is C21H13I. The van der Waals surface area contributed by atoms with Crippen molar-refractivity contribution in [1.82, 2.24) is 0 Å². The van der Waals surface area contributed by atoms with E-state index in [1.807, 2.05) is 0 Å². The molecule has 1 heteroatoms. The maximum Gasteiger partial charge on any atom is 0.0136 e. The standard InChI is InChI=1S/C21H13I/c22-17-7-5-16-11-21-18(20(16)12-17)8-6-15-9-13-3-1-2-4-14(13)10-19(15)21/h1-10,12H,11H2. The van der Waals surface area contributed by atoms with Crippen molar-refractivity contribution in [3.05, 3.63) is 81.4 Å². The molecule has 0 radical (unpaired) electrons. The number of hydrogen-bond acceptors (Lipinski definition) is 0. The monoisotopic (exact) mass is 392 g/mol. The molecule has 1 aliphatic rings. The summed E-state index contributed by atoms with van der Waals surface area (Å²) < 4.78 is 1.31. The predicted molar refractivity (Wildman–Crippen MR) is 102 cm³/mol. The first kappa shape index (κ1) is 12.7. The summed E-state index contributed by atoms with van der Waals surface area (Å²) in [6.45, 7) is 0. The van der Waals surface area contributed by atoms with Gasteiger partial charge in [-0.2, -0.15) is 0 Å². The topological polar surface area (TPSA) is 0 Å². The molecule has 0 amide bonds. The van der Waals surface area contributed by atoms with E-state index in [2.05, 4.69) is 89.3 Å². The lowest BCUT2D eigenvalue weighted by atomic mass is 9.96. The third-order valence-electron chi connectivity index (χ3n) is 4.73. The molecule has 104 valence electrons. The summed E-state index contributed by atoms with van der Waals surface area (Å²) in [7, 11) is 0. The molecule has 0 spiro atoms. The van der Waals surface area contributed by atoms with E-state index in [0.29, 0.717) is 0 Å². The quantitative estimate of drug-likeness (QED) is 0.218. The van der Waals surface area contributed by atoms with Gasteiger partial charge in [0.25, 0.3) is 0 Å². The molecule has 4 aromatic rings. The van der Waals surface area contributed by atoms with Crippen molar-refractivity contribution < 1.29 is 0 Å². The van der Waals surface area contributed by atoms with Gasteiger partial charge in [0.15, 0.2) is 0 Å². The fourth-order valence-electron chi connectivity index (χ4n) is 3.66. The lowest BCUT2D eigenvalue weighted by Crippen LogP contribution is -1.85. The summed E-state index contributed by atoms with van der Waals surface area (Å²) >= 11 is 2.40. The van der Waals surface area contributed by atoms with Gasteiger partial charge in [-0.1, -0.05) is 42.5 Å². The highest BCUT2D eigenvalue weighted by Gasteiger charge is 2.20. The highest BCUT2D eigenvalue weighted by molar-refractivity contribution is 14.1. The van der Waals surface area contributed by atoms with Gasteiger partial charge in [0.1, 0.15) is 0 Å². The number of halogens is 1. The summed E-state index contributed by atoms with van der Waals surface area (Å²) in [4.78, 5) is 0. The molecule has 1 aliphatic carbocycles. The summed E-state index contributed by atoms with van der Waals surface area (Å²) in [5.41, 5.74) is 5.77. The Kier molecular flexibility index (Phi) is 2.62.